The second-order valence-electron chi connectivity index (χ2n) is 7.07. The van der Waals surface area contributed by atoms with Crippen molar-refractivity contribution in [3.8, 4) is 5.75 Å². The largest absolute Gasteiger partial charge is 0.492 e. The number of carboxylic acids is 1. The van der Waals surface area contributed by atoms with E-state index in [-0.39, 0.29) is 25.0 Å². The van der Waals surface area contributed by atoms with Crippen LogP contribution in [0.4, 0.5) is 0 Å². The van der Waals surface area contributed by atoms with Crippen LogP contribution in [-0.2, 0) is 16.0 Å². The first kappa shape index (κ1) is 16.6. The second-order valence-corrected chi connectivity index (χ2v) is 7.07. The SMILES string of the molecule is O=C(CCCc1cn[nH]c1)N1C[C@H]2c3ccccc3OC[C@@]2(C(=O)O)C1. The summed E-state index contributed by atoms with van der Waals surface area (Å²) in [6.45, 7) is 0.728. The molecule has 4 rings (SSSR count). The van der Waals surface area contributed by atoms with Crippen LogP contribution in [0.25, 0.3) is 0 Å². The number of fused-ring (bicyclic) bond motifs is 3. The van der Waals surface area contributed by atoms with E-state index in [2.05, 4.69) is 10.2 Å². The van der Waals surface area contributed by atoms with Crippen LogP contribution in [0.3, 0.4) is 0 Å². The number of aryl methyl sites for hydroxylation is 1. The van der Waals surface area contributed by atoms with Gasteiger partial charge < -0.3 is 14.7 Å². The van der Waals surface area contributed by atoms with Crippen molar-refractivity contribution in [2.24, 2.45) is 5.41 Å². The quantitative estimate of drug-likeness (QED) is 0.853. The molecule has 1 fully saturated rings. The first-order chi connectivity index (χ1) is 12.6. The third kappa shape index (κ3) is 2.73. The number of amides is 1. The topological polar surface area (TPSA) is 95.5 Å². The van der Waals surface area contributed by atoms with Crippen LogP contribution in [0.5, 0.6) is 5.75 Å². The molecule has 2 aliphatic rings. The first-order valence-corrected chi connectivity index (χ1v) is 8.81. The summed E-state index contributed by atoms with van der Waals surface area (Å²) >= 11 is 0. The Morgan fingerprint density at radius 1 is 1.38 bits per heavy atom. The maximum absolute atomic E-state index is 12.7. The van der Waals surface area contributed by atoms with Crippen molar-refractivity contribution in [1.82, 2.24) is 15.1 Å². The summed E-state index contributed by atoms with van der Waals surface area (Å²) in [5, 5.41) is 16.6. The standard InChI is InChI=1S/C19H21N3O4/c23-17(7-3-4-13-8-20-21-9-13)22-10-15-14-5-1-2-6-16(14)26-12-19(15,11-22)18(24)25/h1-2,5-6,8-9,15H,3-4,7,10-12H2,(H,20,21)(H,24,25)/t15-,19-/m0/s1. The van der Waals surface area contributed by atoms with Crippen molar-refractivity contribution in [2.75, 3.05) is 19.7 Å². The molecule has 0 unspecified atom stereocenters. The number of nitrogens with one attached hydrogen (secondary N) is 1. The Morgan fingerprint density at radius 2 is 2.23 bits per heavy atom. The summed E-state index contributed by atoms with van der Waals surface area (Å²) in [6.07, 6.45) is 5.46. The molecule has 7 heteroatoms. The summed E-state index contributed by atoms with van der Waals surface area (Å²) in [6, 6.07) is 7.52. The maximum atomic E-state index is 12.7. The van der Waals surface area contributed by atoms with E-state index in [1.165, 1.54) is 0 Å². The van der Waals surface area contributed by atoms with Gasteiger partial charge in [0.25, 0.3) is 0 Å². The smallest absolute Gasteiger partial charge is 0.315 e. The van der Waals surface area contributed by atoms with Crippen LogP contribution in [0, 0.1) is 5.41 Å². The summed E-state index contributed by atoms with van der Waals surface area (Å²) < 4.78 is 5.73. The van der Waals surface area contributed by atoms with Crippen molar-refractivity contribution in [3.05, 3.63) is 47.8 Å². The minimum absolute atomic E-state index is 0.000927. The Labute approximate surface area is 151 Å². The van der Waals surface area contributed by atoms with Gasteiger partial charge in [0.15, 0.2) is 0 Å². The van der Waals surface area contributed by atoms with E-state index in [0.29, 0.717) is 19.4 Å². The van der Waals surface area contributed by atoms with Gasteiger partial charge in [0.2, 0.25) is 5.91 Å². The lowest BCUT2D eigenvalue weighted by Gasteiger charge is -2.35. The Morgan fingerprint density at radius 3 is 3.00 bits per heavy atom. The summed E-state index contributed by atoms with van der Waals surface area (Å²) in [7, 11) is 0. The molecule has 2 aromatic rings. The number of carbonyl (C=O) groups is 2. The number of H-pyrrole nitrogens is 1. The van der Waals surface area contributed by atoms with Gasteiger partial charge in [-0.25, -0.2) is 0 Å². The number of nitrogens with zero attached hydrogens (tertiary/aromatic N) is 2. The van der Waals surface area contributed by atoms with E-state index in [9.17, 15) is 14.7 Å². The van der Waals surface area contributed by atoms with Crippen LogP contribution in [0.2, 0.25) is 0 Å². The number of para-hydroxylation sites is 1. The fourth-order valence-corrected chi connectivity index (χ4v) is 4.04. The molecule has 136 valence electrons. The van der Waals surface area contributed by atoms with Crippen LogP contribution >= 0.6 is 0 Å². The van der Waals surface area contributed by atoms with Crippen molar-refractivity contribution >= 4 is 11.9 Å². The lowest BCUT2D eigenvalue weighted by Crippen LogP contribution is -2.46. The highest BCUT2D eigenvalue weighted by atomic mass is 16.5. The molecular weight excluding hydrogens is 334 g/mol. The average molecular weight is 355 g/mol. The van der Waals surface area contributed by atoms with Gasteiger partial charge in [0.1, 0.15) is 17.8 Å². The van der Waals surface area contributed by atoms with E-state index < -0.39 is 11.4 Å². The van der Waals surface area contributed by atoms with Crippen molar-refractivity contribution in [2.45, 2.75) is 25.2 Å². The lowest BCUT2D eigenvalue weighted by atomic mass is 9.73. The van der Waals surface area contributed by atoms with E-state index in [0.717, 1.165) is 23.3 Å². The molecule has 0 aliphatic carbocycles. The van der Waals surface area contributed by atoms with Gasteiger partial charge in [0.05, 0.1) is 6.20 Å². The van der Waals surface area contributed by atoms with Crippen molar-refractivity contribution < 1.29 is 19.4 Å². The summed E-state index contributed by atoms with van der Waals surface area (Å²) in [5.74, 6) is -0.405. The monoisotopic (exact) mass is 355 g/mol. The van der Waals surface area contributed by atoms with Crippen molar-refractivity contribution in [1.29, 1.82) is 0 Å². The molecule has 7 nitrogen and oxygen atoms in total. The van der Waals surface area contributed by atoms with E-state index in [1.54, 1.807) is 11.1 Å². The predicted molar refractivity (Wildman–Crippen MR) is 92.9 cm³/mol. The van der Waals surface area contributed by atoms with E-state index >= 15 is 0 Å². The van der Waals surface area contributed by atoms with Crippen LogP contribution in [0.15, 0.2) is 36.7 Å². The highest BCUT2D eigenvalue weighted by Gasteiger charge is 2.57. The zero-order chi connectivity index (χ0) is 18.1. The van der Waals surface area contributed by atoms with Gasteiger partial charge in [-0.3, -0.25) is 14.7 Å². The average Bonchev–Trinajstić information content (AvgIpc) is 3.29. The highest BCUT2D eigenvalue weighted by molar-refractivity contribution is 5.83. The Kier molecular flexibility index (Phi) is 4.14. The van der Waals surface area contributed by atoms with Gasteiger partial charge in [-0.1, -0.05) is 18.2 Å². The van der Waals surface area contributed by atoms with Crippen LogP contribution in [0.1, 0.15) is 29.9 Å². The molecule has 0 spiro atoms. The number of hydrogen-bond donors (Lipinski definition) is 2. The van der Waals surface area contributed by atoms with Gasteiger partial charge in [0, 0.05) is 37.2 Å². The highest BCUT2D eigenvalue weighted by Crippen LogP contribution is 2.49. The van der Waals surface area contributed by atoms with Crippen LogP contribution < -0.4 is 4.74 Å². The molecule has 26 heavy (non-hydrogen) atoms. The number of hydrogen-bond acceptors (Lipinski definition) is 4. The number of rotatable bonds is 5. The number of benzene rings is 1. The summed E-state index contributed by atoms with van der Waals surface area (Å²) in [4.78, 5) is 26.4. The zero-order valence-electron chi connectivity index (χ0n) is 14.4. The van der Waals surface area contributed by atoms with E-state index in [4.69, 9.17) is 4.74 Å². The van der Waals surface area contributed by atoms with Gasteiger partial charge >= 0.3 is 5.97 Å². The number of carboxylic acid groups (broad SMARTS) is 1. The van der Waals surface area contributed by atoms with Crippen molar-refractivity contribution in [3.63, 3.8) is 0 Å². The molecule has 1 saturated heterocycles. The van der Waals surface area contributed by atoms with Gasteiger partial charge in [-0.2, -0.15) is 5.10 Å². The molecule has 0 saturated carbocycles. The number of likely N-dealkylation sites (tertiary alicyclic amines) is 1. The molecule has 2 N–H and O–H groups in total. The molecule has 2 aliphatic heterocycles. The Balaban J connectivity index is 1.48. The summed E-state index contributed by atoms with van der Waals surface area (Å²) in [5.41, 5.74) is 0.890. The minimum Gasteiger partial charge on any atom is -0.492 e. The first-order valence-electron chi connectivity index (χ1n) is 8.81. The maximum Gasteiger partial charge on any atom is 0.315 e. The number of ether oxygens (including phenoxy) is 1. The molecular formula is C19H21N3O4. The molecule has 3 heterocycles. The normalized spacial score (nSPS) is 23.8. The molecule has 1 aromatic carbocycles. The second kappa shape index (κ2) is 6.48. The number of carbonyl (C=O) groups excluding carboxylic acids is 1. The molecule has 1 aromatic heterocycles. The molecule has 0 radical (unpaired) electrons. The van der Waals surface area contributed by atoms with Crippen LogP contribution in [-0.4, -0.2) is 51.8 Å². The zero-order valence-corrected chi connectivity index (χ0v) is 14.4. The fraction of sp³-hybridized carbons (Fsp3) is 0.421. The minimum atomic E-state index is -1.06. The third-order valence-corrected chi connectivity index (χ3v) is 5.51. The molecule has 0 bridgehead atoms. The lowest BCUT2D eigenvalue weighted by molar-refractivity contribution is -0.152. The van der Waals surface area contributed by atoms with Gasteiger partial charge in [-0.15, -0.1) is 0 Å². The number of aliphatic carboxylic acids is 1. The predicted octanol–water partition coefficient (Wildman–Crippen LogP) is 1.82. The molecule has 2 atom stereocenters. The fourth-order valence-electron chi connectivity index (χ4n) is 4.04. The number of aromatic amines is 1. The Bertz CT molecular complexity index is 820. The van der Waals surface area contributed by atoms with E-state index in [1.807, 2.05) is 30.5 Å². The molecule has 1 amide bonds. The Hall–Kier alpha value is -2.83. The third-order valence-electron chi connectivity index (χ3n) is 5.51. The number of aromatic nitrogens is 2. The van der Waals surface area contributed by atoms with Gasteiger partial charge in [-0.05, 0) is 24.5 Å².